The van der Waals surface area contributed by atoms with E-state index in [1.165, 1.54) is 0 Å². The first-order valence-corrected chi connectivity index (χ1v) is 13.5. The summed E-state index contributed by atoms with van der Waals surface area (Å²) in [5, 5.41) is 8.39. The Morgan fingerprint density at radius 1 is 0.927 bits per heavy atom. The van der Waals surface area contributed by atoms with Crippen molar-refractivity contribution in [2.75, 3.05) is 13.2 Å². The molecule has 1 aliphatic carbocycles. The third-order valence-corrected chi connectivity index (χ3v) is 7.27. The van der Waals surface area contributed by atoms with Gasteiger partial charge in [0.15, 0.2) is 0 Å². The van der Waals surface area contributed by atoms with E-state index < -0.39 is 30.0 Å². The molecule has 2 N–H and O–H groups in total. The van der Waals surface area contributed by atoms with Crippen molar-refractivity contribution in [2.24, 2.45) is 11.0 Å². The molecule has 1 aliphatic rings. The Bertz CT molecular complexity index is 1380. The molecule has 0 heterocycles. The molecule has 3 amide bonds. The molecule has 10 heteroatoms. The summed E-state index contributed by atoms with van der Waals surface area (Å²) in [5.41, 5.74) is 14.0. The zero-order chi connectivity index (χ0) is 29.2. The van der Waals surface area contributed by atoms with Crippen LogP contribution in [0, 0.1) is 5.92 Å². The maximum Gasteiger partial charge on any atom is 0.407 e. The lowest BCUT2D eigenvalue weighted by atomic mass is 9.98. The van der Waals surface area contributed by atoms with Crippen molar-refractivity contribution in [2.45, 2.75) is 44.9 Å². The first-order chi connectivity index (χ1) is 19.9. The number of carbonyl (C=O) groups excluding carboxylic acids is 3. The van der Waals surface area contributed by atoms with Crippen LogP contribution in [0.2, 0.25) is 0 Å². The number of fused-ring (bicyclic) bond motifs is 3. The van der Waals surface area contributed by atoms with Crippen LogP contribution in [0.4, 0.5) is 4.79 Å². The summed E-state index contributed by atoms with van der Waals surface area (Å²) in [6, 6.07) is 23.1. The predicted molar refractivity (Wildman–Crippen MR) is 154 cm³/mol. The fourth-order valence-corrected chi connectivity index (χ4v) is 4.89. The van der Waals surface area contributed by atoms with E-state index in [0.29, 0.717) is 6.42 Å². The number of hydrogen-bond acceptors (Lipinski definition) is 5. The number of hydrogen-bond donors (Lipinski definition) is 2. The number of benzene rings is 3. The number of amides is 3. The molecule has 0 aliphatic heterocycles. The normalized spacial score (nSPS) is 14.0. The van der Waals surface area contributed by atoms with Crippen LogP contribution in [0.25, 0.3) is 21.6 Å². The van der Waals surface area contributed by atoms with Crippen molar-refractivity contribution in [1.82, 2.24) is 10.6 Å². The van der Waals surface area contributed by atoms with Crippen molar-refractivity contribution in [3.8, 4) is 11.1 Å². The molecule has 0 bridgehead atoms. The predicted octanol–water partition coefficient (Wildman–Crippen LogP) is 5.48. The monoisotopic (exact) mass is 555 g/mol. The lowest BCUT2D eigenvalue weighted by molar-refractivity contribution is -0.130. The molecule has 3 atom stereocenters. The SMILES string of the molecule is CC[C@H](C)[C@H](NC(=O)OCC1c2ccccc2-c2ccccc21)C(=O)N[C@@H](COCc1ccccc1)C(=O)N=[N+]=[N-]. The van der Waals surface area contributed by atoms with Gasteiger partial charge in [-0.1, -0.05) is 99.1 Å². The Morgan fingerprint density at radius 3 is 2.15 bits per heavy atom. The average molecular weight is 556 g/mol. The summed E-state index contributed by atoms with van der Waals surface area (Å²) in [4.78, 5) is 41.2. The van der Waals surface area contributed by atoms with Crippen molar-refractivity contribution < 1.29 is 23.9 Å². The molecule has 3 aromatic carbocycles. The van der Waals surface area contributed by atoms with Gasteiger partial charge in [-0.25, -0.2) is 4.79 Å². The molecule has 0 saturated carbocycles. The lowest BCUT2D eigenvalue weighted by Gasteiger charge is -2.26. The van der Waals surface area contributed by atoms with Crippen LogP contribution in [0.1, 0.15) is 42.9 Å². The number of carbonyl (C=O) groups is 3. The van der Waals surface area contributed by atoms with Crippen LogP contribution < -0.4 is 10.6 Å². The van der Waals surface area contributed by atoms with E-state index in [1.807, 2.05) is 80.6 Å². The highest BCUT2D eigenvalue weighted by Crippen LogP contribution is 2.44. The maximum absolute atomic E-state index is 13.3. The molecule has 10 nitrogen and oxygen atoms in total. The fourth-order valence-electron chi connectivity index (χ4n) is 4.89. The molecular formula is C31H33N5O5. The number of azide groups is 1. The Balaban J connectivity index is 1.40. The van der Waals surface area contributed by atoms with Gasteiger partial charge in [-0.2, -0.15) is 0 Å². The second kappa shape index (κ2) is 14.1. The van der Waals surface area contributed by atoms with Gasteiger partial charge in [0.1, 0.15) is 18.7 Å². The quantitative estimate of drug-likeness (QED) is 0.173. The fraction of sp³-hybridized carbons (Fsp3) is 0.323. The summed E-state index contributed by atoms with van der Waals surface area (Å²) in [6.07, 6.45) is -0.174. The van der Waals surface area contributed by atoms with Gasteiger partial charge < -0.3 is 20.1 Å². The van der Waals surface area contributed by atoms with Crippen molar-refractivity contribution >= 4 is 17.9 Å². The van der Waals surface area contributed by atoms with Crippen LogP contribution in [0.5, 0.6) is 0 Å². The molecule has 41 heavy (non-hydrogen) atoms. The molecule has 0 unspecified atom stereocenters. The third-order valence-electron chi connectivity index (χ3n) is 7.27. The average Bonchev–Trinajstić information content (AvgIpc) is 3.32. The summed E-state index contributed by atoms with van der Waals surface area (Å²) in [7, 11) is 0. The molecule has 212 valence electrons. The molecule has 4 rings (SSSR count). The van der Waals surface area contributed by atoms with E-state index in [0.717, 1.165) is 27.8 Å². The maximum atomic E-state index is 13.3. The minimum atomic E-state index is -1.22. The zero-order valence-electron chi connectivity index (χ0n) is 23.0. The minimum absolute atomic E-state index is 0.0972. The van der Waals surface area contributed by atoms with Crippen LogP contribution in [-0.4, -0.2) is 43.2 Å². The molecular weight excluding hydrogens is 522 g/mol. The minimum Gasteiger partial charge on any atom is -0.449 e. The first kappa shape index (κ1) is 29.3. The number of alkyl carbamates (subject to hydrolysis) is 1. The third kappa shape index (κ3) is 7.30. The van der Waals surface area contributed by atoms with Crippen molar-refractivity contribution in [1.29, 1.82) is 0 Å². The van der Waals surface area contributed by atoms with Crippen molar-refractivity contribution in [3.05, 3.63) is 106 Å². The molecule has 0 fully saturated rings. The van der Waals surface area contributed by atoms with E-state index in [9.17, 15) is 14.4 Å². The van der Waals surface area contributed by atoms with E-state index in [-0.39, 0.29) is 31.7 Å². The second-order valence-electron chi connectivity index (χ2n) is 9.92. The molecule has 0 saturated heterocycles. The summed E-state index contributed by atoms with van der Waals surface area (Å²) < 4.78 is 11.3. The Hall–Kier alpha value is -4.66. The van der Waals surface area contributed by atoms with Crippen LogP contribution in [-0.2, 0) is 25.7 Å². The lowest BCUT2D eigenvalue weighted by Crippen LogP contribution is -2.55. The highest BCUT2D eigenvalue weighted by molar-refractivity contribution is 5.92. The van der Waals surface area contributed by atoms with Gasteiger partial charge in [0.05, 0.1) is 13.2 Å². The van der Waals surface area contributed by atoms with Gasteiger partial charge in [-0.15, -0.1) is 0 Å². The van der Waals surface area contributed by atoms with E-state index >= 15 is 0 Å². The van der Waals surface area contributed by atoms with Gasteiger partial charge in [0.25, 0.3) is 0 Å². The van der Waals surface area contributed by atoms with Gasteiger partial charge in [0.2, 0.25) is 11.8 Å². The van der Waals surface area contributed by atoms with E-state index in [1.54, 1.807) is 0 Å². The van der Waals surface area contributed by atoms with Crippen LogP contribution >= 0.6 is 0 Å². The van der Waals surface area contributed by atoms with Gasteiger partial charge in [-0.05, 0) is 44.4 Å². The topological polar surface area (TPSA) is 142 Å². The summed E-state index contributed by atoms with van der Waals surface area (Å²) in [5.74, 6) is -1.91. The Kier molecular flexibility index (Phi) is 10.1. The first-order valence-electron chi connectivity index (χ1n) is 13.5. The number of nitrogens with one attached hydrogen (secondary N) is 2. The Morgan fingerprint density at radius 2 is 1.54 bits per heavy atom. The van der Waals surface area contributed by atoms with Crippen LogP contribution in [0.3, 0.4) is 0 Å². The zero-order valence-corrected chi connectivity index (χ0v) is 23.0. The summed E-state index contributed by atoms with van der Waals surface area (Å²) in [6.45, 7) is 3.78. The molecule has 0 radical (unpaired) electrons. The molecule has 3 aromatic rings. The number of ether oxygens (including phenoxy) is 2. The highest BCUT2D eigenvalue weighted by atomic mass is 16.5. The van der Waals surface area contributed by atoms with Gasteiger partial charge in [0, 0.05) is 10.8 Å². The molecule has 0 spiro atoms. The number of nitrogens with zero attached hydrogens (tertiary/aromatic N) is 3. The number of rotatable bonds is 12. The molecule has 0 aromatic heterocycles. The van der Waals surface area contributed by atoms with Crippen molar-refractivity contribution in [3.63, 3.8) is 0 Å². The summed E-state index contributed by atoms with van der Waals surface area (Å²) >= 11 is 0. The van der Waals surface area contributed by atoms with Crippen LogP contribution in [0.15, 0.2) is 84.0 Å². The van der Waals surface area contributed by atoms with E-state index in [2.05, 4.69) is 32.8 Å². The smallest absolute Gasteiger partial charge is 0.407 e. The second-order valence-corrected chi connectivity index (χ2v) is 9.92. The van der Waals surface area contributed by atoms with Gasteiger partial charge in [-0.3, -0.25) is 9.59 Å². The Labute approximate surface area is 238 Å². The van der Waals surface area contributed by atoms with E-state index in [4.69, 9.17) is 15.0 Å². The van der Waals surface area contributed by atoms with Gasteiger partial charge >= 0.3 is 6.09 Å². The highest BCUT2D eigenvalue weighted by Gasteiger charge is 2.32. The standard InChI is InChI=1S/C31H33N5O5/c1-3-20(2)28(30(38)33-27(29(37)35-36-32)19-40-17-21-11-5-4-6-12-21)34-31(39)41-18-26-24-15-9-7-13-22(24)23-14-8-10-16-25(23)26/h4-16,20,26-28H,3,17-19H2,1-2H3,(H,33,38)(H,34,39)/t20-,27-,28-/m0/s1. The largest absolute Gasteiger partial charge is 0.449 e.